The van der Waals surface area contributed by atoms with Gasteiger partial charge in [0.25, 0.3) is 5.91 Å². The number of thiophene rings is 1. The Morgan fingerprint density at radius 2 is 2.05 bits per heavy atom. The molecule has 21 heavy (non-hydrogen) atoms. The fraction of sp³-hybridized carbons (Fsp3) is 0. The third kappa shape index (κ3) is 4.14. The van der Waals surface area contributed by atoms with Gasteiger partial charge in [-0.15, -0.1) is 11.3 Å². The topological polar surface area (TPSA) is 66.4 Å². The predicted octanol–water partition coefficient (Wildman–Crippen LogP) is 3.89. The first-order chi connectivity index (χ1) is 9.95. The maximum atomic E-state index is 13.0. The molecular formula is C14H9ClFNO3S. The van der Waals surface area contributed by atoms with Gasteiger partial charge < -0.3 is 10.4 Å². The number of benzene rings is 1. The van der Waals surface area contributed by atoms with Crippen molar-refractivity contribution in [2.24, 2.45) is 0 Å². The first-order valence-corrected chi connectivity index (χ1v) is 6.92. The van der Waals surface area contributed by atoms with Gasteiger partial charge in [0.05, 0.1) is 9.90 Å². The van der Waals surface area contributed by atoms with E-state index >= 15 is 0 Å². The minimum atomic E-state index is -1.06. The second-order valence-electron chi connectivity index (χ2n) is 3.96. The molecule has 0 aliphatic heterocycles. The molecule has 0 aliphatic carbocycles. The van der Waals surface area contributed by atoms with Crippen LogP contribution in [0.5, 0.6) is 0 Å². The number of carbonyl (C=O) groups excluding carboxylic acids is 1. The van der Waals surface area contributed by atoms with Gasteiger partial charge in [-0.05, 0) is 36.4 Å². The number of rotatable bonds is 4. The van der Waals surface area contributed by atoms with Gasteiger partial charge >= 0.3 is 5.97 Å². The van der Waals surface area contributed by atoms with Crippen molar-refractivity contribution in [2.45, 2.75) is 0 Å². The molecule has 1 heterocycles. The van der Waals surface area contributed by atoms with Crippen molar-refractivity contribution in [3.05, 3.63) is 57.0 Å². The lowest BCUT2D eigenvalue weighted by Gasteiger charge is -2.04. The Kier molecular flexibility index (Phi) is 4.72. The van der Waals surface area contributed by atoms with Crippen LogP contribution in [0.4, 0.5) is 10.1 Å². The van der Waals surface area contributed by atoms with E-state index in [1.807, 2.05) is 0 Å². The van der Waals surface area contributed by atoms with Gasteiger partial charge in [-0.1, -0.05) is 11.6 Å². The van der Waals surface area contributed by atoms with E-state index in [2.05, 4.69) is 5.32 Å². The maximum Gasteiger partial charge on any atom is 0.328 e. The first-order valence-electron chi connectivity index (χ1n) is 5.73. The number of aliphatic carboxylic acids is 1. The summed E-state index contributed by atoms with van der Waals surface area (Å²) in [7, 11) is 0. The highest BCUT2D eigenvalue weighted by Gasteiger charge is 2.10. The molecule has 4 nitrogen and oxygen atoms in total. The standard InChI is InChI=1S/C14H9ClFNO3S/c15-10-7-8(1-4-11(10)16)17-14(20)12-5-2-9(21-12)3-6-13(18)19/h1-7H,(H,17,20)(H,18,19). The third-order valence-corrected chi connectivity index (χ3v) is 3.76. The Bertz CT molecular complexity index is 727. The summed E-state index contributed by atoms with van der Waals surface area (Å²) in [6.07, 6.45) is 2.39. The summed E-state index contributed by atoms with van der Waals surface area (Å²) in [5, 5.41) is 11.0. The average molecular weight is 326 g/mol. The van der Waals surface area contributed by atoms with Crippen LogP contribution in [0.1, 0.15) is 14.5 Å². The molecule has 0 radical (unpaired) electrons. The van der Waals surface area contributed by atoms with Gasteiger partial charge in [-0.2, -0.15) is 0 Å². The lowest BCUT2D eigenvalue weighted by atomic mass is 10.3. The number of hydrogen-bond acceptors (Lipinski definition) is 3. The van der Waals surface area contributed by atoms with E-state index in [0.29, 0.717) is 15.4 Å². The van der Waals surface area contributed by atoms with E-state index < -0.39 is 11.8 Å². The predicted molar refractivity (Wildman–Crippen MR) is 80.4 cm³/mol. The normalized spacial score (nSPS) is 10.8. The van der Waals surface area contributed by atoms with E-state index in [4.69, 9.17) is 16.7 Å². The summed E-state index contributed by atoms with van der Waals surface area (Å²) < 4.78 is 13.0. The summed E-state index contributed by atoms with van der Waals surface area (Å²) in [4.78, 5) is 23.4. The monoisotopic (exact) mass is 325 g/mol. The largest absolute Gasteiger partial charge is 0.478 e. The average Bonchev–Trinajstić information content (AvgIpc) is 2.89. The Balaban J connectivity index is 2.10. The highest BCUT2D eigenvalue weighted by molar-refractivity contribution is 7.15. The molecule has 108 valence electrons. The van der Waals surface area contributed by atoms with Crippen molar-refractivity contribution >= 4 is 46.6 Å². The van der Waals surface area contributed by atoms with E-state index in [1.54, 1.807) is 12.1 Å². The Morgan fingerprint density at radius 1 is 1.29 bits per heavy atom. The third-order valence-electron chi connectivity index (χ3n) is 2.42. The van der Waals surface area contributed by atoms with Gasteiger partial charge in [0, 0.05) is 16.6 Å². The van der Waals surface area contributed by atoms with Crippen LogP contribution in [-0.2, 0) is 4.79 Å². The molecule has 0 atom stereocenters. The quantitative estimate of drug-likeness (QED) is 0.838. The van der Waals surface area contributed by atoms with Crippen LogP contribution < -0.4 is 5.32 Å². The molecule has 1 amide bonds. The summed E-state index contributed by atoms with van der Waals surface area (Å²) in [5.74, 6) is -2.00. The number of nitrogens with one attached hydrogen (secondary N) is 1. The molecule has 0 bridgehead atoms. The summed E-state index contributed by atoms with van der Waals surface area (Å²) in [6.45, 7) is 0. The van der Waals surface area contributed by atoms with Gasteiger partial charge in [0.15, 0.2) is 0 Å². The second-order valence-corrected chi connectivity index (χ2v) is 5.48. The van der Waals surface area contributed by atoms with E-state index in [-0.39, 0.29) is 10.9 Å². The van der Waals surface area contributed by atoms with Crippen LogP contribution in [0.3, 0.4) is 0 Å². The van der Waals surface area contributed by atoms with E-state index in [0.717, 1.165) is 23.5 Å². The van der Waals surface area contributed by atoms with Crippen molar-refractivity contribution in [3.63, 3.8) is 0 Å². The Morgan fingerprint density at radius 3 is 2.71 bits per heavy atom. The van der Waals surface area contributed by atoms with Crippen LogP contribution in [0.2, 0.25) is 5.02 Å². The molecular weight excluding hydrogens is 317 g/mol. The molecule has 2 aromatic rings. The van der Waals surface area contributed by atoms with Crippen LogP contribution in [0.25, 0.3) is 6.08 Å². The van der Waals surface area contributed by atoms with Crippen LogP contribution in [0, 0.1) is 5.82 Å². The molecule has 0 unspecified atom stereocenters. The van der Waals surface area contributed by atoms with Gasteiger partial charge in [-0.25, -0.2) is 9.18 Å². The zero-order chi connectivity index (χ0) is 15.4. The zero-order valence-electron chi connectivity index (χ0n) is 10.5. The second kappa shape index (κ2) is 6.51. The molecule has 1 aromatic heterocycles. The molecule has 0 fully saturated rings. The molecule has 1 aromatic carbocycles. The molecule has 0 aliphatic rings. The Hall–Kier alpha value is -2.18. The first kappa shape index (κ1) is 15.2. The highest BCUT2D eigenvalue weighted by atomic mass is 35.5. The number of anilines is 1. The lowest BCUT2D eigenvalue weighted by Crippen LogP contribution is -2.10. The lowest BCUT2D eigenvalue weighted by molar-refractivity contribution is -0.131. The highest BCUT2D eigenvalue weighted by Crippen LogP contribution is 2.22. The Labute approximate surface area is 128 Å². The molecule has 7 heteroatoms. The van der Waals surface area contributed by atoms with Crippen molar-refractivity contribution in [1.29, 1.82) is 0 Å². The van der Waals surface area contributed by atoms with Crippen LogP contribution >= 0.6 is 22.9 Å². The van der Waals surface area contributed by atoms with Gasteiger partial charge in [-0.3, -0.25) is 4.79 Å². The van der Waals surface area contributed by atoms with Crippen molar-refractivity contribution < 1.29 is 19.1 Å². The van der Waals surface area contributed by atoms with Crippen LogP contribution in [-0.4, -0.2) is 17.0 Å². The number of halogens is 2. The van der Waals surface area contributed by atoms with Crippen molar-refractivity contribution in [1.82, 2.24) is 0 Å². The minimum Gasteiger partial charge on any atom is -0.478 e. The maximum absolute atomic E-state index is 13.0. The van der Waals surface area contributed by atoms with Gasteiger partial charge in [0.1, 0.15) is 5.82 Å². The SMILES string of the molecule is O=C(O)C=Cc1ccc(C(=O)Nc2ccc(F)c(Cl)c2)s1. The number of amides is 1. The number of carboxylic acid groups (broad SMARTS) is 1. The summed E-state index contributed by atoms with van der Waals surface area (Å²) >= 11 is 6.77. The summed E-state index contributed by atoms with van der Waals surface area (Å²) in [6, 6.07) is 7.09. The number of carboxylic acids is 1. The van der Waals surface area contributed by atoms with Crippen LogP contribution in [0.15, 0.2) is 36.4 Å². The molecule has 2 N–H and O–H groups in total. The number of carbonyl (C=O) groups is 2. The van der Waals surface area contributed by atoms with E-state index in [9.17, 15) is 14.0 Å². The molecule has 0 spiro atoms. The minimum absolute atomic E-state index is 0.0796. The molecule has 2 rings (SSSR count). The molecule has 0 saturated heterocycles. The smallest absolute Gasteiger partial charge is 0.328 e. The van der Waals surface area contributed by atoms with Crippen molar-refractivity contribution in [3.8, 4) is 0 Å². The number of hydrogen-bond donors (Lipinski definition) is 2. The molecule has 0 saturated carbocycles. The fourth-order valence-corrected chi connectivity index (χ4v) is 2.47. The van der Waals surface area contributed by atoms with E-state index in [1.165, 1.54) is 18.2 Å². The summed E-state index contributed by atoms with van der Waals surface area (Å²) in [5.41, 5.74) is 0.377. The zero-order valence-corrected chi connectivity index (χ0v) is 12.0. The van der Waals surface area contributed by atoms with Crippen molar-refractivity contribution in [2.75, 3.05) is 5.32 Å². The van der Waals surface area contributed by atoms with Gasteiger partial charge in [0.2, 0.25) is 0 Å². The fourth-order valence-electron chi connectivity index (χ4n) is 1.48.